The van der Waals surface area contributed by atoms with Crippen LogP contribution in [-0.2, 0) is 9.59 Å². The number of nitrogens with zero attached hydrogens (tertiary/aromatic N) is 2. The Morgan fingerprint density at radius 2 is 1.54 bits per heavy atom. The smallest absolute Gasteiger partial charge is 0.282 e. The fraction of sp³-hybridized carbons (Fsp3) is 0.238. The third kappa shape index (κ3) is 3.20. The van der Waals surface area contributed by atoms with Crippen molar-refractivity contribution >= 4 is 23.1 Å². The van der Waals surface area contributed by atoms with Gasteiger partial charge in [-0.25, -0.2) is 4.90 Å². The average molecular weight is 382 g/mol. The molecule has 2 aromatic rings. The number of hydrogen-bond acceptors (Lipinski definition) is 6. The second kappa shape index (κ2) is 8.14. The average Bonchev–Trinajstić information content (AvgIpc) is 2.98. The van der Waals surface area contributed by atoms with Crippen LogP contribution in [0.2, 0.25) is 0 Å². The van der Waals surface area contributed by atoms with Crippen LogP contribution in [0.25, 0.3) is 5.57 Å². The lowest BCUT2D eigenvalue weighted by molar-refractivity contribution is -0.120. The first-order valence-corrected chi connectivity index (χ1v) is 8.76. The van der Waals surface area contributed by atoms with Gasteiger partial charge in [0, 0.05) is 19.2 Å². The predicted octanol–water partition coefficient (Wildman–Crippen LogP) is 1.91. The van der Waals surface area contributed by atoms with E-state index in [-0.39, 0.29) is 24.4 Å². The maximum absolute atomic E-state index is 13.4. The number of ether oxygens (including phenoxy) is 2. The molecule has 0 bridgehead atoms. The molecule has 0 atom stereocenters. The van der Waals surface area contributed by atoms with E-state index in [1.807, 2.05) is 0 Å². The first kappa shape index (κ1) is 19.4. The van der Waals surface area contributed by atoms with Gasteiger partial charge in [0.2, 0.25) is 0 Å². The normalized spacial score (nSPS) is 13.9. The molecule has 7 nitrogen and oxygen atoms in total. The van der Waals surface area contributed by atoms with Crippen LogP contribution in [0, 0.1) is 0 Å². The molecular weight excluding hydrogens is 360 g/mol. The van der Waals surface area contributed by atoms with E-state index in [1.165, 1.54) is 14.2 Å². The van der Waals surface area contributed by atoms with Crippen LogP contribution < -0.4 is 14.4 Å². The Kier molecular flexibility index (Phi) is 5.65. The number of anilines is 1. The Balaban J connectivity index is 2.20. The number of aliphatic hydroxyl groups excluding tert-OH is 1. The number of benzene rings is 2. The highest BCUT2D eigenvalue weighted by Gasteiger charge is 2.43. The van der Waals surface area contributed by atoms with Gasteiger partial charge in [0.15, 0.2) is 0 Å². The maximum Gasteiger partial charge on any atom is 0.282 e. The summed E-state index contributed by atoms with van der Waals surface area (Å²) in [6.07, 6.45) is 0. The minimum atomic E-state index is -0.480. The molecule has 28 heavy (non-hydrogen) atoms. The molecule has 0 aromatic heterocycles. The number of rotatable bonds is 7. The van der Waals surface area contributed by atoms with Gasteiger partial charge in [0.25, 0.3) is 11.8 Å². The van der Waals surface area contributed by atoms with Gasteiger partial charge in [-0.15, -0.1) is 0 Å². The molecule has 0 spiro atoms. The number of para-hydroxylation sites is 3. The summed E-state index contributed by atoms with van der Waals surface area (Å²) in [5.41, 5.74) is 1.30. The van der Waals surface area contributed by atoms with Gasteiger partial charge in [0.1, 0.15) is 17.2 Å². The van der Waals surface area contributed by atoms with Gasteiger partial charge in [-0.05, 0) is 18.2 Å². The van der Waals surface area contributed by atoms with E-state index < -0.39 is 11.8 Å². The van der Waals surface area contributed by atoms with Crippen LogP contribution in [-0.4, -0.2) is 56.2 Å². The van der Waals surface area contributed by atoms with Crippen LogP contribution in [0.5, 0.6) is 11.5 Å². The Morgan fingerprint density at radius 3 is 2.18 bits per heavy atom. The van der Waals surface area contributed by atoms with Crippen LogP contribution >= 0.6 is 0 Å². The molecule has 1 N–H and O–H groups in total. The summed E-state index contributed by atoms with van der Waals surface area (Å²) < 4.78 is 10.7. The van der Waals surface area contributed by atoms with E-state index in [4.69, 9.17) is 9.47 Å². The number of imide groups is 1. The molecule has 0 fully saturated rings. The molecule has 1 heterocycles. The summed E-state index contributed by atoms with van der Waals surface area (Å²) >= 11 is 0. The monoisotopic (exact) mass is 382 g/mol. The van der Waals surface area contributed by atoms with E-state index in [2.05, 4.69) is 0 Å². The standard InChI is InChI=1S/C21H22N2O5/c1-22(12-13-24)19-18(14-8-4-6-10-16(14)27-2)20(25)23(21(19)26)15-9-5-7-11-17(15)28-3/h4-11,24H,12-13H2,1-3H3. The summed E-state index contributed by atoms with van der Waals surface area (Å²) in [5.74, 6) is -0.0600. The highest BCUT2D eigenvalue weighted by Crippen LogP contribution is 2.40. The van der Waals surface area contributed by atoms with Crippen molar-refractivity contribution in [1.29, 1.82) is 0 Å². The van der Waals surface area contributed by atoms with E-state index in [1.54, 1.807) is 60.5 Å². The van der Waals surface area contributed by atoms with Crippen molar-refractivity contribution in [3.63, 3.8) is 0 Å². The van der Waals surface area contributed by atoms with Gasteiger partial charge in [-0.3, -0.25) is 9.59 Å². The second-order valence-electron chi connectivity index (χ2n) is 6.19. The fourth-order valence-corrected chi connectivity index (χ4v) is 3.26. The van der Waals surface area contributed by atoms with E-state index >= 15 is 0 Å². The minimum absolute atomic E-state index is 0.157. The van der Waals surface area contributed by atoms with Gasteiger partial charge >= 0.3 is 0 Å². The van der Waals surface area contributed by atoms with E-state index in [0.717, 1.165) is 4.90 Å². The van der Waals surface area contributed by atoms with Crippen LogP contribution in [0.4, 0.5) is 5.69 Å². The Morgan fingerprint density at radius 1 is 0.929 bits per heavy atom. The SMILES string of the molecule is COc1ccccc1C1=C(N(C)CCO)C(=O)N(c2ccccc2OC)C1=O. The zero-order valence-electron chi connectivity index (χ0n) is 16.0. The molecule has 3 rings (SSSR count). The lowest BCUT2D eigenvalue weighted by Gasteiger charge is -2.21. The third-order valence-electron chi connectivity index (χ3n) is 4.58. The van der Waals surface area contributed by atoms with Crippen molar-refractivity contribution < 1.29 is 24.2 Å². The van der Waals surface area contributed by atoms with E-state index in [9.17, 15) is 14.7 Å². The molecule has 1 aliphatic heterocycles. The Hall–Kier alpha value is -3.32. The summed E-state index contributed by atoms with van der Waals surface area (Å²) in [6, 6.07) is 13.9. The topological polar surface area (TPSA) is 79.3 Å². The number of carbonyl (C=O) groups excluding carboxylic acids is 2. The first-order valence-electron chi connectivity index (χ1n) is 8.76. The summed E-state index contributed by atoms with van der Waals surface area (Å²) in [6.45, 7) is 0.0438. The molecule has 2 amide bonds. The lowest BCUT2D eigenvalue weighted by Crippen LogP contribution is -2.35. The molecule has 0 unspecified atom stereocenters. The minimum Gasteiger partial charge on any atom is -0.496 e. The van der Waals surface area contributed by atoms with E-state index in [0.29, 0.717) is 22.7 Å². The number of hydrogen-bond donors (Lipinski definition) is 1. The highest BCUT2D eigenvalue weighted by atomic mass is 16.5. The second-order valence-corrected chi connectivity index (χ2v) is 6.19. The van der Waals surface area contributed by atoms with Crippen molar-refractivity contribution in [3.8, 4) is 11.5 Å². The Labute approximate surface area is 163 Å². The van der Waals surface area contributed by atoms with Gasteiger partial charge in [-0.1, -0.05) is 30.3 Å². The van der Waals surface area contributed by atoms with Gasteiger partial charge in [-0.2, -0.15) is 0 Å². The van der Waals surface area contributed by atoms with Crippen molar-refractivity contribution in [2.24, 2.45) is 0 Å². The predicted molar refractivity (Wildman–Crippen MR) is 105 cm³/mol. The molecular formula is C21H22N2O5. The maximum atomic E-state index is 13.4. The zero-order chi connectivity index (χ0) is 20.3. The molecule has 2 aromatic carbocycles. The van der Waals surface area contributed by atoms with Crippen molar-refractivity contribution in [2.75, 3.05) is 39.3 Å². The molecule has 1 aliphatic rings. The molecule has 7 heteroatoms. The quantitative estimate of drug-likeness (QED) is 0.737. The van der Waals surface area contributed by atoms with Crippen LogP contribution in [0.3, 0.4) is 0 Å². The van der Waals surface area contributed by atoms with Crippen molar-refractivity contribution in [2.45, 2.75) is 0 Å². The summed E-state index contributed by atoms with van der Waals surface area (Å²) in [4.78, 5) is 29.4. The van der Waals surface area contributed by atoms with Crippen molar-refractivity contribution in [1.82, 2.24) is 4.90 Å². The van der Waals surface area contributed by atoms with Gasteiger partial charge < -0.3 is 19.5 Å². The highest BCUT2D eigenvalue weighted by molar-refractivity contribution is 6.46. The van der Waals surface area contributed by atoms with Crippen LogP contribution in [0.1, 0.15) is 5.56 Å². The van der Waals surface area contributed by atoms with Gasteiger partial charge in [0.05, 0.1) is 32.1 Å². The van der Waals surface area contributed by atoms with Crippen molar-refractivity contribution in [3.05, 3.63) is 59.8 Å². The third-order valence-corrected chi connectivity index (χ3v) is 4.58. The lowest BCUT2D eigenvalue weighted by atomic mass is 10.0. The number of likely N-dealkylation sites (N-methyl/N-ethyl adjacent to an activating group) is 1. The van der Waals surface area contributed by atoms with Crippen LogP contribution in [0.15, 0.2) is 54.2 Å². The summed E-state index contributed by atoms with van der Waals surface area (Å²) in [7, 11) is 4.66. The molecule has 0 saturated carbocycles. The molecule has 0 aliphatic carbocycles. The molecule has 0 radical (unpaired) electrons. The number of amides is 2. The molecule has 0 saturated heterocycles. The number of methoxy groups -OCH3 is 2. The summed E-state index contributed by atoms with van der Waals surface area (Å²) in [5, 5.41) is 9.35. The first-order chi connectivity index (χ1) is 13.5. The largest absolute Gasteiger partial charge is 0.496 e. The number of carbonyl (C=O) groups is 2. The Bertz CT molecular complexity index is 938. The number of aliphatic hydroxyl groups is 1. The zero-order valence-corrected chi connectivity index (χ0v) is 16.0. The molecule has 146 valence electrons. The fourth-order valence-electron chi connectivity index (χ4n) is 3.26.